The molecule has 0 aromatic heterocycles. The van der Waals surface area contributed by atoms with E-state index in [4.69, 9.17) is 0 Å². The van der Waals surface area contributed by atoms with Gasteiger partial charge in [0.05, 0.1) is 0 Å². The van der Waals surface area contributed by atoms with Crippen LogP contribution in [-0.2, 0) is 0 Å². The Bertz CT molecular complexity index is 183. The van der Waals surface area contributed by atoms with Gasteiger partial charge >= 0.3 is 0 Å². The maximum absolute atomic E-state index is 3.76. The highest BCUT2D eigenvalue weighted by atomic mass is 15.1. The van der Waals surface area contributed by atoms with Gasteiger partial charge in [-0.3, -0.25) is 0 Å². The summed E-state index contributed by atoms with van der Waals surface area (Å²) in [6.07, 6.45) is 8.74. The molecule has 1 fully saturated rings. The number of hydrogen-bond acceptors (Lipinski definition) is 2. The zero-order valence-corrected chi connectivity index (χ0v) is 12.3. The third-order valence-corrected chi connectivity index (χ3v) is 4.05. The van der Waals surface area contributed by atoms with Gasteiger partial charge in [0.25, 0.3) is 0 Å². The average Bonchev–Trinajstić information content (AvgIpc) is 2.28. The van der Waals surface area contributed by atoms with Crippen LogP contribution in [0.4, 0.5) is 0 Å². The van der Waals surface area contributed by atoms with Crippen molar-refractivity contribution in [3.63, 3.8) is 0 Å². The van der Waals surface area contributed by atoms with Gasteiger partial charge in [0.2, 0.25) is 0 Å². The molecule has 1 atom stereocenters. The van der Waals surface area contributed by atoms with Gasteiger partial charge in [-0.05, 0) is 38.9 Å². The molecule has 0 radical (unpaired) electrons. The zero-order chi connectivity index (χ0) is 12.7. The van der Waals surface area contributed by atoms with Gasteiger partial charge in [-0.2, -0.15) is 0 Å². The van der Waals surface area contributed by atoms with E-state index in [1.165, 1.54) is 45.1 Å². The van der Waals surface area contributed by atoms with Crippen LogP contribution in [-0.4, -0.2) is 38.1 Å². The van der Waals surface area contributed by atoms with E-state index < -0.39 is 0 Å². The summed E-state index contributed by atoms with van der Waals surface area (Å²) in [5.74, 6) is 1.73. The van der Waals surface area contributed by atoms with E-state index in [0.717, 1.165) is 18.4 Å². The largest absolute Gasteiger partial charge is 0.312 e. The number of nitrogens with one attached hydrogen (secondary N) is 1. The Hall–Kier alpha value is -0.0800. The fourth-order valence-corrected chi connectivity index (χ4v) is 2.85. The molecule has 0 bridgehead atoms. The van der Waals surface area contributed by atoms with Crippen molar-refractivity contribution in [2.45, 2.75) is 58.4 Å². The fourth-order valence-electron chi connectivity index (χ4n) is 2.85. The first-order valence-electron chi connectivity index (χ1n) is 7.47. The summed E-state index contributed by atoms with van der Waals surface area (Å²) in [6.45, 7) is 7.01. The summed E-state index contributed by atoms with van der Waals surface area (Å²) in [4.78, 5) is 2.29. The summed E-state index contributed by atoms with van der Waals surface area (Å²) in [6, 6.07) is 0.647. The van der Waals surface area contributed by atoms with E-state index in [1.807, 2.05) is 0 Å². The van der Waals surface area contributed by atoms with Crippen LogP contribution in [0.5, 0.6) is 0 Å². The Morgan fingerprint density at radius 3 is 2.29 bits per heavy atom. The van der Waals surface area contributed by atoms with Gasteiger partial charge in [0.1, 0.15) is 0 Å². The number of hydrogen-bond donors (Lipinski definition) is 1. The van der Waals surface area contributed by atoms with E-state index in [9.17, 15) is 0 Å². The molecule has 0 aliphatic heterocycles. The van der Waals surface area contributed by atoms with E-state index >= 15 is 0 Å². The summed E-state index contributed by atoms with van der Waals surface area (Å²) in [5.41, 5.74) is 0. The van der Waals surface area contributed by atoms with Gasteiger partial charge in [0.15, 0.2) is 0 Å². The molecule has 0 amide bonds. The quantitative estimate of drug-likeness (QED) is 0.735. The van der Waals surface area contributed by atoms with Gasteiger partial charge in [-0.25, -0.2) is 0 Å². The van der Waals surface area contributed by atoms with Crippen LogP contribution in [0, 0.1) is 11.8 Å². The Kier molecular flexibility index (Phi) is 7.14. The average molecular weight is 240 g/mol. The molecular weight excluding hydrogens is 208 g/mol. The molecule has 0 saturated heterocycles. The SMILES string of the molecule is CC(C)C(CN(C)C)NCCC1CCCCC1. The first-order valence-corrected chi connectivity index (χ1v) is 7.47. The second-order valence-corrected chi connectivity index (χ2v) is 6.36. The molecule has 17 heavy (non-hydrogen) atoms. The molecule has 0 aromatic carbocycles. The molecule has 0 aromatic rings. The standard InChI is InChI=1S/C15H32N2/c1-13(2)15(12-17(3)4)16-11-10-14-8-6-5-7-9-14/h13-16H,5-12H2,1-4H3. The van der Waals surface area contributed by atoms with Crippen molar-refractivity contribution in [1.29, 1.82) is 0 Å². The molecule has 2 heteroatoms. The van der Waals surface area contributed by atoms with E-state index in [-0.39, 0.29) is 0 Å². The first-order chi connectivity index (χ1) is 8.09. The molecule has 1 saturated carbocycles. The highest BCUT2D eigenvalue weighted by molar-refractivity contribution is 4.74. The van der Waals surface area contributed by atoms with Crippen molar-refractivity contribution in [3.05, 3.63) is 0 Å². The summed E-state index contributed by atoms with van der Waals surface area (Å²) < 4.78 is 0. The Balaban J connectivity index is 2.17. The molecule has 1 unspecified atom stereocenters. The molecule has 1 aliphatic rings. The topological polar surface area (TPSA) is 15.3 Å². The third-order valence-electron chi connectivity index (χ3n) is 4.05. The van der Waals surface area contributed by atoms with Crippen LogP contribution in [0.15, 0.2) is 0 Å². The van der Waals surface area contributed by atoms with E-state index in [2.05, 4.69) is 38.2 Å². The van der Waals surface area contributed by atoms with Crippen molar-refractivity contribution in [3.8, 4) is 0 Å². The van der Waals surface area contributed by atoms with Gasteiger partial charge in [0, 0.05) is 12.6 Å². The van der Waals surface area contributed by atoms with Crippen molar-refractivity contribution < 1.29 is 0 Å². The minimum absolute atomic E-state index is 0.647. The Labute approximate surface area is 108 Å². The maximum atomic E-state index is 3.76. The Morgan fingerprint density at radius 2 is 1.76 bits per heavy atom. The third kappa shape index (κ3) is 6.42. The van der Waals surface area contributed by atoms with E-state index in [0.29, 0.717) is 6.04 Å². The minimum atomic E-state index is 0.647. The molecular formula is C15H32N2. The highest BCUT2D eigenvalue weighted by Gasteiger charge is 2.16. The Morgan fingerprint density at radius 1 is 1.12 bits per heavy atom. The van der Waals surface area contributed by atoms with Gasteiger partial charge in [-0.1, -0.05) is 46.0 Å². The second-order valence-electron chi connectivity index (χ2n) is 6.36. The summed E-state index contributed by atoms with van der Waals surface area (Å²) >= 11 is 0. The van der Waals surface area contributed by atoms with E-state index in [1.54, 1.807) is 0 Å². The molecule has 1 aliphatic carbocycles. The molecule has 102 valence electrons. The zero-order valence-electron chi connectivity index (χ0n) is 12.3. The van der Waals surface area contributed by atoms with Crippen LogP contribution in [0.2, 0.25) is 0 Å². The van der Waals surface area contributed by atoms with Crippen LogP contribution in [0.3, 0.4) is 0 Å². The maximum Gasteiger partial charge on any atom is 0.0217 e. The normalized spacial score (nSPS) is 20.1. The lowest BCUT2D eigenvalue weighted by Crippen LogP contribution is -2.42. The number of likely N-dealkylation sites (N-methyl/N-ethyl adjacent to an activating group) is 1. The molecule has 1 rings (SSSR count). The lowest BCUT2D eigenvalue weighted by Gasteiger charge is -2.27. The second kappa shape index (κ2) is 8.10. The van der Waals surface area contributed by atoms with Crippen LogP contribution in [0.25, 0.3) is 0 Å². The smallest absolute Gasteiger partial charge is 0.0217 e. The molecule has 1 N–H and O–H groups in total. The number of rotatable bonds is 7. The monoisotopic (exact) mass is 240 g/mol. The predicted molar refractivity (Wildman–Crippen MR) is 76.4 cm³/mol. The van der Waals surface area contributed by atoms with Crippen LogP contribution < -0.4 is 5.32 Å². The molecule has 0 spiro atoms. The first kappa shape index (κ1) is 15.0. The number of nitrogens with zero attached hydrogens (tertiary/aromatic N) is 1. The van der Waals surface area contributed by atoms with Crippen molar-refractivity contribution in [2.75, 3.05) is 27.2 Å². The van der Waals surface area contributed by atoms with Crippen molar-refractivity contribution in [2.24, 2.45) is 11.8 Å². The van der Waals surface area contributed by atoms with Gasteiger partial charge in [-0.15, -0.1) is 0 Å². The highest BCUT2D eigenvalue weighted by Crippen LogP contribution is 2.25. The minimum Gasteiger partial charge on any atom is -0.312 e. The van der Waals surface area contributed by atoms with Crippen LogP contribution >= 0.6 is 0 Å². The lowest BCUT2D eigenvalue weighted by molar-refractivity contribution is 0.272. The van der Waals surface area contributed by atoms with Crippen molar-refractivity contribution in [1.82, 2.24) is 10.2 Å². The van der Waals surface area contributed by atoms with Crippen LogP contribution in [0.1, 0.15) is 52.4 Å². The van der Waals surface area contributed by atoms with Crippen molar-refractivity contribution >= 4 is 0 Å². The summed E-state index contributed by atoms with van der Waals surface area (Å²) in [5, 5.41) is 3.76. The van der Waals surface area contributed by atoms with Gasteiger partial charge < -0.3 is 10.2 Å². The fraction of sp³-hybridized carbons (Fsp3) is 1.00. The summed E-state index contributed by atoms with van der Waals surface area (Å²) in [7, 11) is 4.33. The predicted octanol–water partition coefficient (Wildman–Crippen LogP) is 3.13. The lowest BCUT2D eigenvalue weighted by atomic mass is 9.87. The molecule has 2 nitrogen and oxygen atoms in total. The molecule has 0 heterocycles.